The Bertz CT molecular complexity index is 712. The van der Waals surface area contributed by atoms with Crippen LogP contribution in [0.25, 0.3) is 0 Å². The number of hydrogen-bond acceptors (Lipinski definition) is 4. The molecule has 1 aromatic carbocycles. The smallest absolute Gasteiger partial charge is 0.224 e. The predicted molar refractivity (Wildman–Crippen MR) is 78.8 cm³/mol. The fourth-order valence-corrected chi connectivity index (χ4v) is 4.28. The van der Waals surface area contributed by atoms with Crippen molar-refractivity contribution in [3.63, 3.8) is 0 Å². The molecule has 0 radical (unpaired) electrons. The molecule has 8 heteroatoms. The summed E-state index contributed by atoms with van der Waals surface area (Å²) in [5, 5.41) is 0. The standard InChI is InChI=1S/C13H20FNO4S2/c1-5-15(9-10(2)3)21(18,19)13-8-11(20(4,16)17)6-7-12(13)14/h6-8,10H,5,9H2,1-4H3. The highest BCUT2D eigenvalue weighted by atomic mass is 32.2. The average Bonchev–Trinajstić information content (AvgIpc) is 2.34. The van der Waals surface area contributed by atoms with Crippen molar-refractivity contribution in [2.75, 3.05) is 19.3 Å². The average molecular weight is 337 g/mol. The number of benzene rings is 1. The van der Waals surface area contributed by atoms with E-state index in [1.165, 1.54) is 0 Å². The van der Waals surface area contributed by atoms with Crippen molar-refractivity contribution in [3.8, 4) is 0 Å². The quantitative estimate of drug-likeness (QED) is 0.743. The molecule has 0 amide bonds. The number of halogens is 1. The maximum Gasteiger partial charge on any atom is 0.246 e. The summed E-state index contributed by atoms with van der Waals surface area (Å²) in [5.41, 5.74) is 0. The van der Waals surface area contributed by atoms with Crippen molar-refractivity contribution in [2.24, 2.45) is 5.92 Å². The normalized spacial score (nSPS) is 13.1. The third-order valence-corrected chi connectivity index (χ3v) is 5.94. The maximum absolute atomic E-state index is 13.9. The Labute approximate surface area is 125 Å². The van der Waals surface area contributed by atoms with E-state index < -0.39 is 30.6 Å². The molecule has 1 aromatic rings. The van der Waals surface area contributed by atoms with Gasteiger partial charge in [-0.1, -0.05) is 20.8 Å². The molecule has 0 unspecified atom stereocenters. The number of sulfone groups is 1. The van der Waals surface area contributed by atoms with Gasteiger partial charge in [0, 0.05) is 19.3 Å². The molecule has 5 nitrogen and oxygen atoms in total. The second kappa shape index (κ2) is 6.41. The zero-order valence-electron chi connectivity index (χ0n) is 12.5. The summed E-state index contributed by atoms with van der Waals surface area (Å²) in [6.07, 6.45) is 0.947. The van der Waals surface area contributed by atoms with Crippen LogP contribution < -0.4 is 0 Å². The van der Waals surface area contributed by atoms with Gasteiger partial charge in [-0.2, -0.15) is 4.31 Å². The SMILES string of the molecule is CCN(CC(C)C)S(=O)(=O)c1cc(S(C)(=O)=O)ccc1F. The molecule has 0 aliphatic rings. The van der Waals surface area contributed by atoms with Gasteiger partial charge in [0.05, 0.1) is 4.90 Å². The summed E-state index contributed by atoms with van der Waals surface area (Å²) in [6, 6.07) is 2.80. The van der Waals surface area contributed by atoms with Crippen LogP contribution in [0.4, 0.5) is 4.39 Å². The minimum atomic E-state index is -4.07. The first-order valence-electron chi connectivity index (χ1n) is 6.50. The third-order valence-electron chi connectivity index (χ3n) is 2.87. The molecule has 0 aliphatic carbocycles. The highest BCUT2D eigenvalue weighted by Crippen LogP contribution is 2.23. The Morgan fingerprint density at radius 2 is 1.76 bits per heavy atom. The Hall–Kier alpha value is -0.990. The molecule has 0 saturated carbocycles. The molecular formula is C13H20FNO4S2. The molecule has 0 saturated heterocycles. The zero-order chi connectivity index (χ0) is 16.4. The second-order valence-corrected chi connectivity index (χ2v) is 9.14. The monoisotopic (exact) mass is 337 g/mol. The fraction of sp³-hybridized carbons (Fsp3) is 0.538. The summed E-state index contributed by atoms with van der Waals surface area (Å²) in [6.45, 7) is 5.77. The van der Waals surface area contributed by atoms with Crippen molar-refractivity contribution in [1.82, 2.24) is 4.31 Å². The summed E-state index contributed by atoms with van der Waals surface area (Å²) < 4.78 is 63.0. The highest BCUT2D eigenvalue weighted by molar-refractivity contribution is 7.91. The zero-order valence-corrected chi connectivity index (χ0v) is 14.1. The number of rotatable bonds is 6. The first kappa shape index (κ1) is 18.1. The van der Waals surface area contributed by atoms with Gasteiger partial charge in [0.15, 0.2) is 9.84 Å². The van der Waals surface area contributed by atoms with E-state index in [2.05, 4.69) is 0 Å². The minimum absolute atomic E-state index is 0.0703. The van der Waals surface area contributed by atoms with E-state index in [4.69, 9.17) is 0 Å². The van der Waals surface area contributed by atoms with Crippen molar-refractivity contribution in [3.05, 3.63) is 24.0 Å². The molecule has 0 spiro atoms. The van der Waals surface area contributed by atoms with Gasteiger partial charge in [-0.15, -0.1) is 0 Å². The second-order valence-electron chi connectivity index (χ2n) is 5.21. The van der Waals surface area contributed by atoms with Crippen LogP contribution in [-0.4, -0.2) is 40.5 Å². The van der Waals surface area contributed by atoms with E-state index in [-0.39, 0.29) is 23.9 Å². The van der Waals surface area contributed by atoms with Gasteiger partial charge < -0.3 is 0 Å². The van der Waals surface area contributed by atoms with E-state index in [1.54, 1.807) is 6.92 Å². The van der Waals surface area contributed by atoms with Gasteiger partial charge in [-0.05, 0) is 24.1 Å². The summed E-state index contributed by atoms with van der Waals surface area (Å²) in [7, 11) is -7.67. The molecule has 0 heterocycles. The van der Waals surface area contributed by atoms with Crippen LogP contribution in [0.3, 0.4) is 0 Å². The summed E-state index contributed by atoms with van der Waals surface area (Å²) >= 11 is 0. The molecule has 0 bridgehead atoms. The van der Waals surface area contributed by atoms with Crippen molar-refractivity contribution < 1.29 is 21.2 Å². The Morgan fingerprint density at radius 1 is 1.19 bits per heavy atom. The van der Waals surface area contributed by atoms with E-state index in [9.17, 15) is 21.2 Å². The predicted octanol–water partition coefficient (Wildman–Crippen LogP) is 1.90. The van der Waals surface area contributed by atoms with Gasteiger partial charge in [0.2, 0.25) is 10.0 Å². The molecule has 120 valence electrons. The van der Waals surface area contributed by atoms with Crippen molar-refractivity contribution >= 4 is 19.9 Å². The lowest BCUT2D eigenvalue weighted by Gasteiger charge is -2.22. The molecule has 0 N–H and O–H groups in total. The van der Waals surface area contributed by atoms with Gasteiger partial charge in [-0.25, -0.2) is 21.2 Å². The molecule has 21 heavy (non-hydrogen) atoms. The number of hydrogen-bond donors (Lipinski definition) is 0. The fourth-order valence-electron chi connectivity index (χ4n) is 1.86. The first-order chi connectivity index (χ1) is 9.50. The minimum Gasteiger partial charge on any atom is -0.224 e. The summed E-state index contributed by atoms with van der Waals surface area (Å²) in [5.74, 6) is -0.884. The molecule has 0 fully saturated rings. The van der Waals surface area contributed by atoms with Crippen LogP contribution in [0.1, 0.15) is 20.8 Å². The first-order valence-corrected chi connectivity index (χ1v) is 9.83. The molecule has 0 aliphatic heterocycles. The van der Waals surface area contributed by atoms with Crippen LogP contribution in [-0.2, 0) is 19.9 Å². The Balaban J connectivity index is 3.43. The van der Waals surface area contributed by atoms with Crippen LogP contribution in [0.2, 0.25) is 0 Å². The number of sulfonamides is 1. The number of nitrogens with zero attached hydrogens (tertiary/aromatic N) is 1. The Kier molecular flexibility index (Phi) is 5.51. The largest absolute Gasteiger partial charge is 0.246 e. The van der Waals surface area contributed by atoms with Crippen LogP contribution in [0, 0.1) is 11.7 Å². The van der Waals surface area contributed by atoms with Crippen molar-refractivity contribution in [2.45, 2.75) is 30.6 Å². The lowest BCUT2D eigenvalue weighted by atomic mass is 10.2. The Morgan fingerprint density at radius 3 is 2.19 bits per heavy atom. The maximum atomic E-state index is 13.9. The van der Waals surface area contributed by atoms with Crippen molar-refractivity contribution in [1.29, 1.82) is 0 Å². The molecule has 0 atom stereocenters. The topological polar surface area (TPSA) is 71.5 Å². The van der Waals surface area contributed by atoms with E-state index in [1.807, 2.05) is 13.8 Å². The summed E-state index contributed by atoms with van der Waals surface area (Å²) in [4.78, 5) is -0.823. The van der Waals surface area contributed by atoms with Gasteiger partial charge in [0.1, 0.15) is 10.7 Å². The van der Waals surface area contributed by atoms with Gasteiger partial charge >= 0.3 is 0 Å². The van der Waals surface area contributed by atoms with E-state index in [0.29, 0.717) is 0 Å². The van der Waals surface area contributed by atoms with Gasteiger partial charge in [-0.3, -0.25) is 0 Å². The van der Waals surface area contributed by atoms with Crippen LogP contribution in [0.15, 0.2) is 28.0 Å². The highest BCUT2D eigenvalue weighted by Gasteiger charge is 2.28. The lowest BCUT2D eigenvalue weighted by molar-refractivity contribution is 0.378. The molecule has 1 rings (SSSR count). The van der Waals surface area contributed by atoms with Crippen LogP contribution >= 0.6 is 0 Å². The van der Waals surface area contributed by atoms with E-state index in [0.717, 1.165) is 28.8 Å². The van der Waals surface area contributed by atoms with Crippen LogP contribution in [0.5, 0.6) is 0 Å². The third kappa shape index (κ3) is 4.24. The molecule has 0 aromatic heterocycles. The lowest BCUT2D eigenvalue weighted by Crippen LogP contribution is -2.34. The van der Waals surface area contributed by atoms with Gasteiger partial charge in [0.25, 0.3) is 0 Å². The molecular weight excluding hydrogens is 317 g/mol. The van der Waals surface area contributed by atoms with E-state index >= 15 is 0 Å².